The van der Waals surface area contributed by atoms with Crippen molar-refractivity contribution in [2.75, 3.05) is 5.32 Å². The zero-order valence-electron chi connectivity index (χ0n) is 11.3. The van der Waals surface area contributed by atoms with E-state index in [4.69, 9.17) is 40.5 Å². The van der Waals surface area contributed by atoms with Crippen LogP contribution in [-0.4, -0.2) is 5.96 Å². The summed E-state index contributed by atoms with van der Waals surface area (Å²) in [7, 11) is 0. The minimum atomic E-state index is 0.212. The number of nitrogens with one attached hydrogen (secondary N) is 1. The van der Waals surface area contributed by atoms with E-state index in [1.54, 1.807) is 12.1 Å². The Bertz CT molecular complexity index is 684. The molecule has 0 aliphatic rings. The van der Waals surface area contributed by atoms with Crippen LogP contribution in [0.1, 0.15) is 12.5 Å². The van der Waals surface area contributed by atoms with Gasteiger partial charge < -0.3 is 11.1 Å². The minimum Gasteiger partial charge on any atom is -0.369 e. The molecule has 6 heteroatoms. The molecule has 0 unspecified atom stereocenters. The molecule has 0 aliphatic carbocycles. The molecular weight excluding hydrogens is 329 g/mol. The topological polar surface area (TPSA) is 50.4 Å². The van der Waals surface area contributed by atoms with Crippen molar-refractivity contribution in [2.24, 2.45) is 10.7 Å². The fraction of sp³-hybridized carbons (Fsp3) is 0.133. The maximum absolute atomic E-state index is 6.08. The maximum atomic E-state index is 6.08. The van der Waals surface area contributed by atoms with Crippen LogP contribution in [0, 0.1) is 0 Å². The highest BCUT2D eigenvalue weighted by molar-refractivity contribution is 6.44. The van der Waals surface area contributed by atoms with E-state index in [1.165, 1.54) is 5.56 Å². The average molecular weight is 343 g/mol. The lowest BCUT2D eigenvalue weighted by Gasteiger charge is -2.08. The van der Waals surface area contributed by atoms with Gasteiger partial charge in [0.15, 0.2) is 5.96 Å². The second kappa shape index (κ2) is 7.03. The molecule has 0 spiro atoms. The normalized spacial score (nSPS) is 11.5. The van der Waals surface area contributed by atoms with Gasteiger partial charge >= 0.3 is 0 Å². The van der Waals surface area contributed by atoms with E-state index in [0.717, 1.165) is 12.1 Å². The smallest absolute Gasteiger partial charge is 0.198 e. The molecule has 0 atom stereocenters. The molecule has 0 fully saturated rings. The Balaban J connectivity index is 2.25. The van der Waals surface area contributed by atoms with Crippen molar-refractivity contribution < 1.29 is 0 Å². The van der Waals surface area contributed by atoms with Crippen LogP contribution in [0.4, 0.5) is 11.4 Å². The van der Waals surface area contributed by atoms with Crippen LogP contribution in [0.25, 0.3) is 0 Å². The predicted octanol–water partition coefficient (Wildman–Crippen LogP) is 5.27. The third-order valence-electron chi connectivity index (χ3n) is 2.82. The third kappa shape index (κ3) is 4.27. The molecule has 0 saturated heterocycles. The number of halogens is 3. The van der Waals surface area contributed by atoms with Gasteiger partial charge in [-0.25, -0.2) is 4.99 Å². The molecule has 0 bridgehead atoms. The van der Waals surface area contributed by atoms with E-state index in [0.29, 0.717) is 20.8 Å². The number of nitrogens with two attached hydrogens (primary N) is 1. The number of aryl methyl sites for hydroxylation is 1. The van der Waals surface area contributed by atoms with Crippen LogP contribution < -0.4 is 11.1 Å². The number of nitrogens with zero attached hydrogens (tertiary/aromatic N) is 1. The van der Waals surface area contributed by atoms with Gasteiger partial charge in [-0.15, -0.1) is 0 Å². The Morgan fingerprint density at radius 1 is 1.19 bits per heavy atom. The minimum absolute atomic E-state index is 0.212. The Hall–Kier alpha value is -1.42. The number of hydrogen-bond acceptors (Lipinski definition) is 1. The molecule has 0 aromatic heterocycles. The van der Waals surface area contributed by atoms with Gasteiger partial charge in [-0.2, -0.15) is 0 Å². The molecule has 21 heavy (non-hydrogen) atoms. The highest BCUT2D eigenvalue weighted by Gasteiger charge is 2.07. The highest BCUT2D eigenvalue weighted by atomic mass is 35.5. The van der Waals surface area contributed by atoms with Crippen molar-refractivity contribution >= 4 is 52.1 Å². The van der Waals surface area contributed by atoms with Crippen LogP contribution in [0.5, 0.6) is 0 Å². The number of anilines is 1. The van der Waals surface area contributed by atoms with Gasteiger partial charge in [-0.1, -0.05) is 53.9 Å². The van der Waals surface area contributed by atoms with Gasteiger partial charge in [0.05, 0.1) is 15.7 Å². The van der Waals surface area contributed by atoms with E-state index in [2.05, 4.69) is 17.2 Å². The molecule has 2 aromatic carbocycles. The predicted molar refractivity (Wildman–Crippen MR) is 92.2 cm³/mol. The molecular formula is C15H14Cl3N3. The van der Waals surface area contributed by atoms with Crippen molar-refractivity contribution in [3.63, 3.8) is 0 Å². The lowest BCUT2D eigenvalue weighted by Crippen LogP contribution is -2.22. The standard InChI is InChI=1S/C15H14Cl3N3/c1-2-9-4-3-5-11(6-9)20-15(19)21-13-8-10(16)7-12(17)14(13)18/h3-8H,2H2,1H3,(H3,19,20,21). The molecule has 2 rings (SSSR count). The molecule has 0 saturated carbocycles. The van der Waals surface area contributed by atoms with Crippen LogP contribution in [0.2, 0.25) is 15.1 Å². The Labute approximate surface area is 138 Å². The molecule has 0 heterocycles. The van der Waals surface area contributed by atoms with Crippen LogP contribution in [0.3, 0.4) is 0 Å². The summed E-state index contributed by atoms with van der Waals surface area (Å²) in [5.41, 5.74) is 8.38. The maximum Gasteiger partial charge on any atom is 0.198 e. The number of hydrogen-bond donors (Lipinski definition) is 2. The molecule has 0 radical (unpaired) electrons. The molecule has 3 N–H and O–H groups in total. The molecule has 2 aromatic rings. The first-order valence-corrected chi connectivity index (χ1v) is 7.47. The SMILES string of the molecule is CCc1cccc(NC(N)=Nc2cc(Cl)cc(Cl)c2Cl)c1. The van der Waals surface area contributed by atoms with E-state index in [-0.39, 0.29) is 5.96 Å². The molecule has 3 nitrogen and oxygen atoms in total. The van der Waals surface area contributed by atoms with Gasteiger partial charge in [0, 0.05) is 10.7 Å². The summed E-state index contributed by atoms with van der Waals surface area (Å²) in [5, 5.41) is 4.11. The Morgan fingerprint density at radius 3 is 2.67 bits per heavy atom. The van der Waals surface area contributed by atoms with Crippen molar-refractivity contribution in [3.05, 3.63) is 57.0 Å². The lowest BCUT2D eigenvalue weighted by molar-refractivity contribution is 1.14. The summed E-state index contributed by atoms with van der Waals surface area (Å²) in [4.78, 5) is 4.21. The van der Waals surface area contributed by atoms with Crippen LogP contribution >= 0.6 is 34.8 Å². The number of aliphatic imine (C=N–C) groups is 1. The first-order chi connectivity index (χ1) is 9.99. The van der Waals surface area contributed by atoms with Gasteiger partial charge in [0.2, 0.25) is 0 Å². The summed E-state index contributed by atoms with van der Waals surface area (Å²) in [5.74, 6) is 0.212. The average Bonchev–Trinajstić information content (AvgIpc) is 2.44. The zero-order valence-corrected chi connectivity index (χ0v) is 13.6. The highest BCUT2D eigenvalue weighted by Crippen LogP contribution is 2.35. The Morgan fingerprint density at radius 2 is 1.95 bits per heavy atom. The third-order valence-corrected chi connectivity index (χ3v) is 3.83. The second-order valence-electron chi connectivity index (χ2n) is 4.40. The number of rotatable bonds is 3. The second-order valence-corrected chi connectivity index (χ2v) is 5.62. The fourth-order valence-electron chi connectivity index (χ4n) is 1.80. The van der Waals surface area contributed by atoms with E-state index >= 15 is 0 Å². The quantitative estimate of drug-likeness (QED) is 0.453. The largest absolute Gasteiger partial charge is 0.369 e. The van der Waals surface area contributed by atoms with E-state index in [1.807, 2.05) is 24.3 Å². The monoisotopic (exact) mass is 341 g/mol. The number of guanidine groups is 1. The van der Waals surface area contributed by atoms with Gasteiger partial charge in [-0.3, -0.25) is 0 Å². The zero-order chi connectivity index (χ0) is 15.4. The van der Waals surface area contributed by atoms with E-state index < -0.39 is 0 Å². The van der Waals surface area contributed by atoms with Gasteiger partial charge in [0.25, 0.3) is 0 Å². The Kier molecular flexibility index (Phi) is 5.34. The van der Waals surface area contributed by atoms with Crippen molar-refractivity contribution in [1.82, 2.24) is 0 Å². The van der Waals surface area contributed by atoms with Gasteiger partial charge in [-0.05, 0) is 36.2 Å². The summed E-state index contributed by atoms with van der Waals surface area (Å²) in [6.07, 6.45) is 0.947. The van der Waals surface area contributed by atoms with Gasteiger partial charge in [0.1, 0.15) is 0 Å². The van der Waals surface area contributed by atoms with Crippen LogP contribution in [0.15, 0.2) is 41.4 Å². The first kappa shape index (κ1) is 16.0. The summed E-state index contributed by atoms with van der Waals surface area (Å²) in [6, 6.07) is 11.1. The lowest BCUT2D eigenvalue weighted by atomic mass is 10.1. The summed E-state index contributed by atoms with van der Waals surface area (Å²) >= 11 is 18.0. The van der Waals surface area contributed by atoms with Crippen molar-refractivity contribution in [3.8, 4) is 0 Å². The van der Waals surface area contributed by atoms with Crippen LogP contribution in [-0.2, 0) is 6.42 Å². The summed E-state index contributed by atoms with van der Waals surface area (Å²) < 4.78 is 0. The molecule has 0 amide bonds. The molecule has 110 valence electrons. The number of benzene rings is 2. The fourth-order valence-corrected chi connectivity index (χ4v) is 2.43. The molecule has 0 aliphatic heterocycles. The summed E-state index contributed by atoms with van der Waals surface area (Å²) in [6.45, 7) is 2.09. The van der Waals surface area contributed by atoms with Crippen molar-refractivity contribution in [2.45, 2.75) is 13.3 Å². The van der Waals surface area contributed by atoms with E-state index in [9.17, 15) is 0 Å². The first-order valence-electron chi connectivity index (χ1n) is 6.34. The van der Waals surface area contributed by atoms with Crippen molar-refractivity contribution in [1.29, 1.82) is 0 Å².